The van der Waals surface area contributed by atoms with Gasteiger partial charge in [0.25, 0.3) is 0 Å². The quantitative estimate of drug-likeness (QED) is 0.136. The second-order valence-corrected chi connectivity index (χ2v) is 11.4. The molecule has 0 atom stereocenters. The van der Waals surface area contributed by atoms with Crippen molar-refractivity contribution in [1.82, 2.24) is 9.80 Å². The Morgan fingerprint density at radius 2 is 0.651 bits per heavy atom. The van der Waals surface area contributed by atoms with E-state index in [4.69, 9.17) is 0 Å². The lowest BCUT2D eigenvalue weighted by Gasteiger charge is -2.31. The zero-order valence-electron chi connectivity index (χ0n) is 25.5. The van der Waals surface area contributed by atoms with E-state index in [1.165, 1.54) is 0 Å². The number of aliphatic hydroxyl groups is 2. The van der Waals surface area contributed by atoms with Gasteiger partial charge >= 0.3 is 0 Å². The Morgan fingerprint density at radius 1 is 0.419 bits per heavy atom. The molecule has 2 N–H and O–H groups in total. The summed E-state index contributed by atoms with van der Waals surface area (Å²) < 4.78 is 0. The van der Waals surface area contributed by atoms with Crippen LogP contribution in [0.3, 0.4) is 0 Å². The van der Waals surface area contributed by atoms with Gasteiger partial charge in [-0.3, -0.25) is 0 Å². The van der Waals surface area contributed by atoms with Crippen molar-refractivity contribution >= 4 is 24.8 Å². The minimum atomic E-state index is -0.981. The van der Waals surface area contributed by atoms with Crippen LogP contribution in [0.2, 0.25) is 0 Å². The molecule has 0 saturated heterocycles. The van der Waals surface area contributed by atoms with E-state index >= 15 is 0 Å². The van der Waals surface area contributed by atoms with Crippen LogP contribution in [-0.4, -0.2) is 60.3 Å². The summed E-state index contributed by atoms with van der Waals surface area (Å²) in [6.45, 7) is 3.90. The van der Waals surface area contributed by atoms with Crippen molar-refractivity contribution in [3.8, 4) is 0 Å². The van der Waals surface area contributed by atoms with E-state index in [-0.39, 0.29) is 24.8 Å². The van der Waals surface area contributed by atoms with Gasteiger partial charge in [0.05, 0.1) is 0 Å². The number of halogens is 2. The van der Waals surface area contributed by atoms with E-state index in [1.807, 2.05) is 121 Å². The van der Waals surface area contributed by atoms with Crippen molar-refractivity contribution < 1.29 is 10.2 Å². The molecule has 0 aliphatic rings. The molecule has 0 aromatic heterocycles. The summed E-state index contributed by atoms with van der Waals surface area (Å²) in [5.74, 6) is 0. The average Bonchev–Trinajstić information content (AvgIpc) is 3.02. The molecule has 232 valence electrons. The molecule has 0 saturated carbocycles. The van der Waals surface area contributed by atoms with E-state index in [1.54, 1.807) is 0 Å². The maximum atomic E-state index is 11.8. The highest BCUT2D eigenvalue weighted by molar-refractivity contribution is 5.85. The maximum absolute atomic E-state index is 11.8. The first kappa shape index (κ1) is 36.5. The van der Waals surface area contributed by atoms with Crippen LogP contribution in [0, 0.1) is 0 Å². The zero-order chi connectivity index (χ0) is 29.0. The molecule has 0 aliphatic heterocycles. The van der Waals surface area contributed by atoms with E-state index in [9.17, 15) is 10.2 Å². The molecule has 4 aromatic carbocycles. The largest absolute Gasteiger partial charge is 0.380 e. The number of nitrogens with zero attached hydrogens (tertiary/aromatic N) is 2. The van der Waals surface area contributed by atoms with Gasteiger partial charge in [-0.15, -0.1) is 24.8 Å². The third-order valence-corrected chi connectivity index (χ3v) is 8.24. The normalized spacial score (nSPS) is 11.7. The van der Waals surface area contributed by atoms with Gasteiger partial charge in [-0.1, -0.05) is 121 Å². The molecule has 0 spiro atoms. The molecule has 0 aliphatic carbocycles. The van der Waals surface area contributed by atoms with Crippen LogP contribution in [-0.2, 0) is 11.2 Å². The predicted molar refractivity (Wildman–Crippen MR) is 184 cm³/mol. The SMILES string of the molecule is CN(CCCN(C)CCCC(O)(c1ccccc1)c1ccccc1)CCCC(O)(c1ccccc1)c1ccccc1.Cl.Cl. The van der Waals surface area contributed by atoms with Crippen molar-refractivity contribution in [3.63, 3.8) is 0 Å². The standard InChI is InChI=1S/C37H46N2O2.2ClH/c1-38(28-15-26-36(40,32-18-7-3-8-19-32)33-20-9-4-10-21-33)30-17-31-39(2)29-16-27-37(41,34-22-11-5-12-23-34)35-24-13-6-14-25-35;;/h3-14,18-25,40-41H,15-17,26-31H2,1-2H3;2*1H. The molecule has 6 heteroatoms. The highest BCUT2D eigenvalue weighted by atomic mass is 35.5. The lowest BCUT2D eigenvalue weighted by atomic mass is 9.82. The van der Waals surface area contributed by atoms with Crippen LogP contribution in [0.15, 0.2) is 121 Å². The summed E-state index contributed by atoms with van der Waals surface area (Å²) in [4.78, 5) is 4.74. The molecule has 0 amide bonds. The summed E-state index contributed by atoms with van der Waals surface area (Å²) in [5.41, 5.74) is 1.82. The minimum absolute atomic E-state index is 0. The van der Waals surface area contributed by atoms with Gasteiger partial charge in [-0.2, -0.15) is 0 Å². The summed E-state index contributed by atoms with van der Waals surface area (Å²) in [5, 5.41) is 23.5. The smallest absolute Gasteiger partial charge is 0.115 e. The highest BCUT2D eigenvalue weighted by Crippen LogP contribution is 2.35. The van der Waals surface area contributed by atoms with Gasteiger partial charge in [0.15, 0.2) is 0 Å². The molecule has 0 fully saturated rings. The number of benzene rings is 4. The van der Waals surface area contributed by atoms with Crippen LogP contribution in [0.1, 0.15) is 54.4 Å². The Hall–Kier alpha value is -2.70. The Bertz CT molecular complexity index is 1100. The average molecular weight is 624 g/mol. The lowest BCUT2D eigenvalue weighted by molar-refractivity contribution is 0.0651. The first-order valence-corrected chi connectivity index (χ1v) is 15.0. The maximum Gasteiger partial charge on any atom is 0.115 e. The number of hydrogen-bond donors (Lipinski definition) is 2. The third kappa shape index (κ3) is 10.2. The zero-order valence-corrected chi connectivity index (χ0v) is 27.1. The monoisotopic (exact) mass is 622 g/mol. The predicted octanol–water partition coefficient (Wildman–Crippen LogP) is 7.52. The third-order valence-electron chi connectivity index (χ3n) is 8.24. The van der Waals surface area contributed by atoms with Gasteiger partial charge in [0, 0.05) is 0 Å². The Labute approximate surface area is 271 Å². The van der Waals surface area contributed by atoms with Crippen molar-refractivity contribution in [3.05, 3.63) is 144 Å². The lowest BCUT2D eigenvalue weighted by Crippen LogP contribution is -2.31. The van der Waals surface area contributed by atoms with Crippen molar-refractivity contribution in [2.75, 3.05) is 40.3 Å². The Morgan fingerprint density at radius 3 is 0.907 bits per heavy atom. The molecule has 4 rings (SSSR count). The molecule has 0 unspecified atom stereocenters. The van der Waals surface area contributed by atoms with Crippen LogP contribution >= 0.6 is 24.8 Å². The first-order valence-electron chi connectivity index (χ1n) is 15.0. The molecule has 0 radical (unpaired) electrons. The van der Waals surface area contributed by atoms with Crippen LogP contribution in [0.4, 0.5) is 0 Å². The first-order chi connectivity index (χ1) is 19.9. The molecule has 0 bridgehead atoms. The van der Waals surface area contributed by atoms with Gasteiger partial charge in [0.2, 0.25) is 0 Å². The summed E-state index contributed by atoms with van der Waals surface area (Å²) >= 11 is 0. The molecule has 0 heterocycles. The molecule has 43 heavy (non-hydrogen) atoms. The second-order valence-electron chi connectivity index (χ2n) is 11.4. The summed E-state index contributed by atoms with van der Waals surface area (Å²) in [6, 6.07) is 40.1. The fourth-order valence-electron chi connectivity index (χ4n) is 5.81. The minimum Gasteiger partial charge on any atom is -0.380 e. The summed E-state index contributed by atoms with van der Waals surface area (Å²) in [7, 11) is 4.34. The van der Waals surface area contributed by atoms with Crippen LogP contribution in [0.5, 0.6) is 0 Å². The van der Waals surface area contributed by atoms with Gasteiger partial charge in [-0.05, 0) is 94.6 Å². The topological polar surface area (TPSA) is 46.9 Å². The summed E-state index contributed by atoms with van der Waals surface area (Å²) in [6.07, 6.45) is 4.25. The van der Waals surface area contributed by atoms with Crippen molar-refractivity contribution in [2.45, 2.75) is 43.3 Å². The molecule has 4 nitrogen and oxygen atoms in total. The molecular weight excluding hydrogens is 575 g/mol. The van der Waals surface area contributed by atoms with Gasteiger partial charge in [-0.25, -0.2) is 0 Å². The molecular formula is C37H48Cl2N2O2. The Kier molecular flexibility index (Phi) is 15.4. The fourth-order valence-corrected chi connectivity index (χ4v) is 5.81. The van der Waals surface area contributed by atoms with Crippen molar-refractivity contribution in [2.24, 2.45) is 0 Å². The van der Waals surface area contributed by atoms with E-state index in [0.717, 1.165) is 67.7 Å². The van der Waals surface area contributed by atoms with Gasteiger partial charge < -0.3 is 20.0 Å². The van der Waals surface area contributed by atoms with E-state index in [2.05, 4.69) is 23.9 Å². The Balaban J connectivity index is 0.00000323. The number of rotatable bonds is 16. The van der Waals surface area contributed by atoms with E-state index in [0.29, 0.717) is 12.8 Å². The second kappa shape index (κ2) is 18.2. The van der Waals surface area contributed by atoms with Crippen LogP contribution in [0.25, 0.3) is 0 Å². The van der Waals surface area contributed by atoms with Crippen molar-refractivity contribution in [1.29, 1.82) is 0 Å². The number of hydrogen-bond acceptors (Lipinski definition) is 4. The fraction of sp³-hybridized carbons (Fsp3) is 0.351. The highest BCUT2D eigenvalue weighted by Gasteiger charge is 2.32. The van der Waals surface area contributed by atoms with E-state index < -0.39 is 11.2 Å². The van der Waals surface area contributed by atoms with Crippen LogP contribution < -0.4 is 0 Å². The van der Waals surface area contributed by atoms with Gasteiger partial charge in [0.1, 0.15) is 11.2 Å². The molecule has 4 aromatic rings.